The Morgan fingerprint density at radius 1 is 1.47 bits per heavy atom. The largest absolute Gasteiger partial charge is 0.299 e. The van der Waals surface area contributed by atoms with Gasteiger partial charge in [0.1, 0.15) is 5.82 Å². The van der Waals surface area contributed by atoms with Gasteiger partial charge in [0, 0.05) is 10.9 Å². The summed E-state index contributed by atoms with van der Waals surface area (Å²) in [6, 6.07) is 7.85. The van der Waals surface area contributed by atoms with Crippen molar-refractivity contribution < 1.29 is 0 Å². The summed E-state index contributed by atoms with van der Waals surface area (Å²) in [7, 11) is 0. The lowest BCUT2D eigenvalue weighted by molar-refractivity contribution is 0.719. The molecule has 0 radical (unpaired) electrons. The standard InChI is InChI=1S/C12H12ClN3S/c13-10-3-1-2-8(6-10)7-16-11(9-4-5-9)14-15-12(16)17/h1-3,6,9H,4-5,7H2,(H,15,17). The number of H-pyrrole nitrogens is 1. The minimum atomic E-state index is 0.585. The van der Waals surface area contributed by atoms with Crippen molar-refractivity contribution in [2.45, 2.75) is 25.3 Å². The van der Waals surface area contributed by atoms with Crippen LogP contribution >= 0.6 is 23.8 Å². The zero-order valence-electron chi connectivity index (χ0n) is 9.19. The van der Waals surface area contributed by atoms with Crippen molar-refractivity contribution in [1.82, 2.24) is 14.8 Å². The van der Waals surface area contributed by atoms with Crippen LogP contribution in [-0.2, 0) is 6.54 Å². The lowest BCUT2D eigenvalue weighted by Gasteiger charge is -2.06. The maximum atomic E-state index is 5.98. The minimum Gasteiger partial charge on any atom is -0.299 e. The van der Waals surface area contributed by atoms with E-state index >= 15 is 0 Å². The molecule has 1 saturated carbocycles. The quantitative estimate of drug-likeness (QED) is 0.862. The predicted octanol–water partition coefficient (Wildman–Crippen LogP) is 3.52. The Hall–Kier alpha value is -1.13. The number of hydrogen-bond acceptors (Lipinski definition) is 2. The Labute approximate surface area is 109 Å². The highest BCUT2D eigenvalue weighted by atomic mass is 35.5. The summed E-state index contributed by atoms with van der Waals surface area (Å²) in [6.07, 6.45) is 2.43. The molecule has 3 rings (SSSR count). The van der Waals surface area contributed by atoms with Crippen molar-refractivity contribution >= 4 is 23.8 Å². The lowest BCUT2D eigenvalue weighted by atomic mass is 10.2. The van der Waals surface area contributed by atoms with Crippen molar-refractivity contribution in [2.75, 3.05) is 0 Å². The van der Waals surface area contributed by atoms with Crippen LogP contribution in [0.25, 0.3) is 0 Å². The van der Waals surface area contributed by atoms with Gasteiger partial charge in [-0.1, -0.05) is 23.7 Å². The van der Waals surface area contributed by atoms with E-state index in [-0.39, 0.29) is 0 Å². The fraction of sp³-hybridized carbons (Fsp3) is 0.333. The molecule has 1 N–H and O–H groups in total. The molecule has 0 saturated heterocycles. The highest BCUT2D eigenvalue weighted by Crippen LogP contribution is 2.39. The highest BCUT2D eigenvalue weighted by molar-refractivity contribution is 7.71. The first kappa shape index (κ1) is 11.0. The molecule has 0 atom stereocenters. The van der Waals surface area contributed by atoms with E-state index in [4.69, 9.17) is 23.8 Å². The first-order valence-electron chi connectivity index (χ1n) is 5.63. The summed E-state index contributed by atoms with van der Waals surface area (Å²) in [4.78, 5) is 0. The van der Waals surface area contributed by atoms with Crippen LogP contribution in [-0.4, -0.2) is 14.8 Å². The van der Waals surface area contributed by atoms with Crippen molar-refractivity contribution in [3.05, 3.63) is 45.4 Å². The SMILES string of the molecule is S=c1[nH]nc(C2CC2)n1Cc1cccc(Cl)c1. The molecule has 1 fully saturated rings. The van der Waals surface area contributed by atoms with Crippen LogP contribution in [0.1, 0.15) is 30.1 Å². The summed E-state index contributed by atoms with van der Waals surface area (Å²) in [5, 5.41) is 7.94. The molecule has 1 aromatic carbocycles. The molecule has 0 spiro atoms. The molecule has 1 aliphatic rings. The predicted molar refractivity (Wildman–Crippen MR) is 69.9 cm³/mol. The summed E-state index contributed by atoms with van der Waals surface area (Å²) >= 11 is 11.2. The number of nitrogens with one attached hydrogen (secondary N) is 1. The third-order valence-corrected chi connectivity index (χ3v) is 3.51. The summed E-state index contributed by atoms with van der Waals surface area (Å²) in [5.41, 5.74) is 1.15. The molecule has 0 bridgehead atoms. The van der Waals surface area contributed by atoms with E-state index in [9.17, 15) is 0 Å². The van der Waals surface area contributed by atoms with E-state index in [1.54, 1.807) is 0 Å². The third-order valence-electron chi connectivity index (χ3n) is 2.96. The van der Waals surface area contributed by atoms with Gasteiger partial charge >= 0.3 is 0 Å². The molecule has 0 unspecified atom stereocenters. The van der Waals surface area contributed by atoms with Gasteiger partial charge in [0.2, 0.25) is 0 Å². The molecule has 0 amide bonds. The zero-order valence-corrected chi connectivity index (χ0v) is 10.8. The van der Waals surface area contributed by atoms with Gasteiger partial charge in [-0.2, -0.15) is 5.10 Å². The van der Waals surface area contributed by atoms with Crippen LogP contribution in [0, 0.1) is 4.77 Å². The molecule has 2 aromatic rings. The number of aromatic amines is 1. The number of hydrogen-bond donors (Lipinski definition) is 1. The number of halogens is 1. The molecule has 1 aromatic heterocycles. The molecule has 17 heavy (non-hydrogen) atoms. The second-order valence-corrected chi connectivity index (χ2v) is 5.20. The monoisotopic (exact) mass is 265 g/mol. The van der Waals surface area contributed by atoms with Crippen LogP contribution in [0.15, 0.2) is 24.3 Å². The van der Waals surface area contributed by atoms with Gasteiger partial charge < -0.3 is 0 Å². The van der Waals surface area contributed by atoms with Gasteiger partial charge in [-0.05, 0) is 42.8 Å². The van der Waals surface area contributed by atoms with Gasteiger partial charge in [0.15, 0.2) is 4.77 Å². The fourth-order valence-electron chi connectivity index (χ4n) is 1.95. The van der Waals surface area contributed by atoms with Gasteiger partial charge in [0.05, 0.1) is 6.54 Å². The molecule has 3 nitrogen and oxygen atoms in total. The highest BCUT2D eigenvalue weighted by Gasteiger charge is 2.28. The Bertz CT molecular complexity index is 598. The van der Waals surface area contributed by atoms with Crippen LogP contribution in [0.4, 0.5) is 0 Å². The van der Waals surface area contributed by atoms with E-state index in [1.165, 1.54) is 12.8 Å². The van der Waals surface area contributed by atoms with Crippen molar-refractivity contribution in [2.24, 2.45) is 0 Å². The number of benzene rings is 1. The first-order valence-corrected chi connectivity index (χ1v) is 6.42. The topological polar surface area (TPSA) is 33.6 Å². The zero-order chi connectivity index (χ0) is 11.8. The third kappa shape index (κ3) is 2.28. The van der Waals surface area contributed by atoms with Crippen molar-refractivity contribution in [1.29, 1.82) is 0 Å². The van der Waals surface area contributed by atoms with E-state index in [1.807, 2.05) is 18.2 Å². The first-order chi connectivity index (χ1) is 8.24. The molecule has 1 heterocycles. The maximum absolute atomic E-state index is 5.98. The number of nitrogens with zero attached hydrogens (tertiary/aromatic N) is 2. The van der Waals surface area contributed by atoms with Gasteiger partial charge in [-0.25, -0.2) is 0 Å². The minimum absolute atomic E-state index is 0.585. The molecule has 0 aliphatic heterocycles. The lowest BCUT2D eigenvalue weighted by Crippen LogP contribution is -2.04. The smallest absolute Gasteiger partial charge is 0.195 e. The average Bonchev–Trinajstić information content (AvgIpc) is 3.07. The van der Waals surface area contributed by atoms with Crippen LogP contribution in [0.2, 0.25) is 5.02 Å². The normalized spacial score (nSPS) is 15.1. The van der Waals surface area contributed by atoms with E-state index in [0.717, 1.165) is 23.0 Å². The number of rotatable bonds is 3. The Morgan fingerprint density at radius 2 is 2.29 bits per heavy atom. The Kier molecular flexibility index (Phi) is 2.76. The second-order valence-electron chi connectivity index (χ2n) is 4.38. The van der Waals surface area contributed by atoms with Crippen molar-refractivity contribution in [3.8, 4) is 0 Å². The fourth-order valence-corrected chi connectivity index (χ4v) is 2.37. The van der Waals surface area contributed by atoms with Gasteiger partial charge in [-0.15, -0.1) is 0 Å². The van der Waals surface area contributed by atoms with Crippen LogP contribution < -0.4 is 0 Å². The summed E-state index contributed by atoms with van der Waals surface area (Å²) < 4.78 is 2.76. The van der Waals surface area contributed by atoms with Crippen LogP contribution in [0.5, 0.6) is 0 Å². The maximum Gasteiger partial charge on any atom is 0.195 e. The summed E-state index contributed by atoms with van der Waals surface area (Å²) in [6.45, 7) is 0.738. The van der Waals surface area contributed by atoms with E-state index in [2.05, 4.69) is 20.8 Å². The second kappa shape index (κ2) is 4.27. The molecule has 1 aliphatic carbocycles. The number of aromatic nitrogens is 3. The van der Waals surface area contributed by atoms with Gasteiger partial charge in [0.25, 0.3) is 0 Å². The van der Waals surface area contributed by atoms with E-state index in [0.29, 0.717) is 10.7 Å². The Balaban J connectivity index is 1.94. The van der Waals surface area contributed by atoms with E-state index < -0.39 is 0 Å². The Morgan fingerprint density at radius 3 is 3.00 bits per heavy atom. The molecule has 5 heteroatoms. The molecule has 88 valence electrons. The molecular formula is C12H12ClN3S. The molecular weight excluding hydrogens is 254 g/mol. The van der Waals surface area contributed by atoms with Crippen LogP contribution in [0.3, 0.4) is 0 Å². The average molecular weight is 266 g/mol. The van der Waals surface area contributed by atoms with Gasteiger partial charge in [-0.3, -0.25) is 9.67 Å². The summed E-state index contributed by atoms with van der Waals surface area (Å²) in [5.74, 6) is 1.66. The van der Waals surface area contributed by atoms with Crippen molar-refractivity contribution in [3.63, 3.8) is 0 Å².